The second-order valence-electron chi connectivity index (χ2n) is 4.11. The minimum atomic E-state index is -3.22. The number of hydrogen-bond donors (Lipinski definition) is 1. The average Bonchev–Trinajstić information content (AvgIpc) is 2.39. The molecule has 0 aliphatic carbocycles. The molecule has 0 aliphatic heterocycles. The second-order valence-corrected chi connectivity index (χ2v) is 6.46. The lowest BCUT2D eigenvalue weighted by Crippen LogP contribution is -2.05. The SMILES string of the molecule is CS(=O)(=O)c1ccc(CNc2nc(Cl)ncc2F)cc1. The van der Waals surface area contributed by atoms with Crippen LogP contribution in [-0.2, 0) is 16.4 Å². The topological polar surface area (TPSA) is 72.0 Å². The predicted octanol–water partition coefficient (Wildman–Crippen LogP) is 2.28. The van der Waals surface area contributed by atoms with E-state index in [4.69, 9.17) is 11.6 Å². The van der Waals surface area contributed by atoms with Crippen molar-refractivity contribution >= 4 is 27.3 Å². The summed E-state index contributed by atoms with van der Waals surface area (Å²) in [6.07, 6.45) is 2.11. The molecule has 0 spiro atoms. The Hall–Kier alpha value is -1.73. The molecule has 1 aromatic carbocycles. The van der Waals surface area contributed by atoms with Crippen LogP contribution in [0, 0.1) is 5.82 Å². The Labute approximate surface area is 120 Å². The van der Waals surface area contributed by atoms with Gasteiger partial charge in [-0.25, -0.2) is 17.8 Å². The lowest BCUT2D eigenvalue weighted by molar-refractivity contribution is 0.602. The van der Waals surface area contributed by atoms with E-state index in [9.17, 15) is 12.8 Å². The molecule has 2 aromatic rings. The first-order valence-electron chi connectivity index (χ1n) is 5.57. The zero-order chi connectivity index (χ0) is 14.8. The van der Waals surface area contributed by atoms with Crippen LogP contribution in [0.25, 0.3) is 0 Å². The molecule has 20 heavy (non-hydrogen) atoms. The van der Waals surface area contributed by atoms with Gasteiger partial charge in [0, 0.05) is 12.8 Å². The molecule has 0 unspecified atom stereocenters. The number of benzene rings is 1. The smallest absolute Gasteiger partial charge is 0.224 e. The van der Waals surface area contributed by atoms with Crippen molar-refractivity contribution in [1.29, 1.82) is 0 Å². The summed E-state index contributed by atoms with van der Waals surface area (Å²) in [5.41, 5.74) is 0.784. The first kappa shape index (κ1) is 14.7. The van der Waals surface area contributed by atoms with Gasteiger partial charge in [0.15, 0.2) is 21.5 Å². The number of nitrogens with one attached hydrogen (secondary N) is 1. The highest BCUT2D eigenvalue weighted by Gasteiger charge is 2.08. The van der Waals surface area contributed by atoms with E-state index in [-0.39, 0.29) is 22.5 Å². The Kier molecular flexibility index (Phi) is 4.20. The van der Waals surface area contributed by atoms with Gasteiger partial charge in [-0.3, -0.25) is 0 Å². The maximum Gasteiger partial charge on any atom is 0.224 e. The third kappa shape index (κ3) is 3.64. The fourth-order valence-corrected chi connectivity index (χ4v) is 2.27. The third-order valence-corrected chi connectivity index (χ3v) is 3.84. The summed E-state index contributed by atoms with van der Waals surface area (Å²) in [5, 5.41) is 2.71. The lowest BCUT2D eigenvalue weighted by atomic mass is 10.2. The fourth-order valence-electron chi connectivity index (χ4n) is 1.51. The summed E-state index contributed by atoms with van der Waals surface area (Å²) in [6, 6.07) is 6.28. The molecule has 0 saturated heterocycles. The van der Waals surface area contributed by atoms with Crippen LogP contribution in [0.5, 0.6) is 0 Å². The maximum absolute atomic E-state index is 13.4. The molecule has 0 fully saturated rings. The van der Waals surface area contributed by atoms with Crippen molar-refractivity contribution in [1.82, 2.24) is 9.97 Å². The standard InChI is InChI=1S/C12H11ClFN3O2S/c1-20(18,19)9-4-2-8(3-5-9)6-15-11-10(14)7-16-12(13)17-11/h2-5,7H,6H2,1H3,(H,15,16,17). The van der Waals surface area contributed by atoms with Crippen molar-refractivity contribution in [2.45, 2.75) is 11.4 Å². The monoisotopic (exact) mass is 315 g/mol. The van der Waals surface area contributed by atoms with Crippen LogP contribution in [0.2, 0.25) is 5.28 Å². The molecular weight excluding hydrogens is 305 g/mol. The summed E-state index contributed by atoms with van der Waals surface area (Å²) < 4.78 is 36.0. The first-order chi connectivity index (χ1) is 9.36. The Balaban J connectivity index is 2.10. The van der Waals surface area contributed by atoms with Gasteiger partial charge >= 0.3 is 0 Å². The number of halogens is 2. The molecule has 0 bridgehead atoms. The molecule has 0 atom stereocenters. The van der Waals surface area contributed by atoms with E-state index in [1.165, 1.54) is 12.1 Å². The highest BCUT2D eigenvalue weighted by molar-refractivity contribution is 7.90. The van der Waals surface area contributed by atoms with Crippen molar-refractivity contribution in [3.8, 4) is 0 Å². The van der Waals surface area contributed by atoms with Crippen LogP contribution in [-0.4, -0.2) is 24.6 Å². The van der Waals surface area contributed by atoms with Gasteiger partial charge in [-0.2, -0.15) is 4.98 Å². The van der Waals surface area contributed by atoms with Gasteiger partial charge in [0.2, 0.25) is 5.28 Å². The number of aromatic nitrogens is 2. The Bertz CT molecular complexity index is 720. The van der Waals surface area contributed by atoms with E-state index in [1.807, 2.05) is 0 Å². The van der Waals surface area contributed by atoms with Crippen molar-refractivity contribution in [3.63, 3.8) is 0 Å². The largest absolute Gasteiger partial charge is 0.363 e. The van der Waals surface area contributed by atoms with Crippen molar-refractivity contribution < 1.29 is 12.8 Å². The van der Waals surface area contributed by atoms with Gasteiger partial charge in [-0.1, -0.05) is 12.1 Å². The normalized spacial score (nSPS) is 11.3. The summed E-state index contributed by atoms with van der Waals surface area (Å²) in [5.74, 6) is -0.612. The van der Waals surface area contributed by atoms with Crippen molar-refractivity contribution in [3.05, 3.63) is 47.1 Å². The van der Waals surface area contributed by atoms with E-state index in [0.717, 1.165) is 18.0 Å². The van der Waals surface area contributed by atoms with Gasteiger partial charge in [-0.05, 0) is 29.3 Å². The van der Waals surface area contributed by atoms with E-state index < -0.39 is 15.7 Å². The maximum atomic E-state index is 13.4. The van der Waals surface area contributed by atoms with E-state index in [0.29, 0.717) is 0 Å². The van der Waals surface area contributed by atoms with Crippen molar-refractivity contribution in [2.75, 3.05) is 11.6 Å². The lowest BCUT2D eigenvalue weighted by Gasteiger charge is -2.07. The fraction of sp³-hybridized carbons (Fsp3) is 0.167. The molecule has 0 amide bonds. The molecule has 5 nitrogen and oxygen atoms in total. The summed E-state index contributed by atoms with van der Waals surface area (Å²) in [4.78, 5) is 7.46. The molecule has 0 radical (unpaired) electrons. The summed E-state index contributed by atoms with van der Waals surface area (Å²) in [7, 11) is -3.22. The first-order valence-corrected chi connectivity index (χ1v) is 7.84. The van der Waals surface area contributed by atoms with Crippen LogP contribution in [0.4, 0.5) is 10.2 Å². The van der Waals surface area contributed by atoms with Gasteiger partial charge < -0.3 is 5.32 Å². The summed E-state index contributed by atoms with van der Waals surface area (Å²) in [6.45, 7) is 0.286. The van der Waals surface area contributed by atoms with Gasteiger partial charge in [0.05, 0.1) is 11.1 Å². The van der Waals surface area contributed by atoms with Crippen LogP contribution in [0.1, 0.15) is 5.56 Å². The summed E-state index contributed by atoms with van der Waals surface area (Å²) >= 11 is 5.57. The second kappa shape index (κ2) is 5.72. The highest BCUT2D eigenvalue weighted by Crippen LogP contribution is 2.15. The minimum absolute atomic E-state index is 0.00260. The zero-order valence-corrected chi connectivity index (χ0v) is 12.0. The molecule has 1 aromatic heterocycles. The Morgan fingerprint density at radius 3 is 2.55 bits per heavy atom. The van der Waals surface area contributed by atoms with E-state index >= 15 is 0 Å². The van der Waals surface area contributed by atoms with Crippen LogP contribution < -0.4 is 5.32 Å². The Morgan fingerprint density at radius 2 is 1.95 bits per heavy atom. The molecular formula is C12H11ClFN3O2S. The quantitative estimate of drug-likeness (QED) is 0.876. The molecule has 1 heterocycles. The van der Waals surface area contributed by atoms with Crippen LogP contribution >= 0.6 is 11.6 Å². The average molecular weight is 316 g/mol. The Morgan fingerprint density at radius 1 is 1.30 bits per heavy atom. The van der Waals surface area contributed by atoms with E-state index in [2.05, 4.69) is 15.3 Å². The van der Waals surface area contributed by atoms with Gasteiger partial charge in [0.1, 0.15) is 0 Å². The number of sulfone groups is 1. The number of anilines is 1. The molecule has 8 heteroatoms. The third-order valence-electron chi connectivity index (χ3n) is 2.53. The molecule has 1 N–H and O–H groups in total. The molecule has 106 valence electrons. The zero-order valence-electron chi connectivity index (χ0n) is 10.5. The van der Waals surface area contributed by atoms with Gasteiger partial charge in [-0.15, -0.1) is 0 Å². The molecule has 0 aliphatic rings. The number of rotatable bonds is 4. The van der Waals surface area contributed by atoms with Crippen molar-refractivity contribution in [2.24, 2.45) is 0 Å². The van der Waals surface area contributed by atoms with Crippen LogP contribution in [0.15, 0.2) is 35.4 Å². The van der Waals surface area contributed by atoms with E-state index in [1.54, 1.807) is 12.1 Å². The highest BCUT2D eigenvalue weighted by atomic mass is 35.5. The minimum Gasteiger partial charge on any atom is -0.363 e. The predicted molar refractivity (Wildman–Crippen MR) is 73.9 cm³/mol. The molecule has 2 rings (SSSR count). The number of nitrogens with zero attached hydrogens (tertiary/aromatic N) is 2. The molecule has 0 saturated carbocycles. The number of hydrogen-bond acceptors (Lipinski definition) is 5. The van der Waals surface area contributed by atoms with Gasteiger partial charge in [0.25, 0.3) is 0 Å². The van der Waals surface area contributed by atoms with Crippen LogP contribution in [0.3, 0.4) is 0 Å².